The molecule has 3 rings (SSSR count). The summed E-state index contributed by atoms with van der Waals surface area (Å²) >= 11 is 1.60. The van der Waals surface area contributed by atoms with Gasteiger partial charge < -0.3 is 5.73 Å². The average molecular weight is 291 g/mol. The molecule has 108 valence electrons. The number of hydrogen-bond acceptors (Lipinski definition) is 5. The number of anilines is 1. The van der Waals surface area contributed by atoms with Crippen LogP contribution >= 0.6 is 11.3 Å². The molecule has 0 atom stereocenters. The summed E-state index contributed by atoms with van der Waals surface area (Å²) in [7, 11) is 0. The number of hydrogen-bond donors (Lipinski definition) is 1. The molecule has 0 aromatic carbocycles. The lowest BCUT2D eigenvalue weighted by Gasteiger charge is -2.31. The number of rotatable bonds is 4. The van der Waals surface area contributed by atoms with Gasteiger partial charge in [-0.3, -0.25) is 9.58 Å². The molecule has 6 heteroatoms. The Morgan fingerprint density at radius 1 is 1.40 bits per heavy atom. The summed E-state index contributed by atoms with van der Waals surface area (Å²) in [5.41, 5.74) is 7.08. The smallest absolute Gasteiger partial charge is 0.180 e. The molecule has 0 amide bonds. The zero-order chi connectivity index (χ0) is 13.9. The van der Waals surface area contributed by atoms with Gasteiger partial charge in [-0.05, 0) is 38.9 Å². The highest BCUT2D eigenvalue weighted by atomic mass is 32.1. The van der Waals surface area contributed by atoms with Crippen LogP contribution in [0.4, 0.5) is 5.13 Å². The van der Waals surface area contributed by atoms with Crippen LogP contribution in [0.3, 0.4) is 0 Å². The van der Waals surface area contributed by atoms with Crippen LogP contribution in [0.5, 0.6) is 0 Å². The van der Waals surface area contributed by atoms with Gasteiger partial charge in [-0.25, -0.2) is 4.98 Å². The van der Waals surface area contributed by atoms with Crippen molar-refractivity contribution in [1.29, 1.82) is 0 Å². The van der Waals surface area contributed by atoms with E-state index in [-0.39, 0.29) is 0 Å². The molecule has 0 spiro atoms. The summed E-state index contributed by atoms with van der Waals surface area (Å²) in [5.74, 6) is 0.653. The molecule has 2 aromatic rings. The predicted octanol–water partition coefficient (Wildman–Crippen LogP) is 2.32. The number of thiazole rings is 1. The first-order valence-corrected chi connectivity index (χ1v) is 8.02. The van der Waals surface area contributed by atoms with Gasteiger partial charge in [-0.2, -0.15) is 5.10 Å². The molecule has 1 aliphatic rings. The molecule has 0 unspecified atom stereocenters. The van der Waals surface area contributed by atoms with Crippen molar-refractivity contribution in [2.75, 3.05) is 18.8 Å². The van der Waals surface area contributed by atoms with Crippen LogP contribution in [0.25, 0.3) is 0 Å². The fourth-order valence-electron chi connectivity index (χ4n) is 2.96. The Morgan fingerprint density at radius 2 is 2.20 bits per heavy atom. The second-order valence-electron chi connectivity index (χ2n) is 5.29. The molecule has 0 radical (unpaired) electrons. The van der Waals surface area contributed by atoms with Crippen LogP contribution < -0.4 is 5.73 Å². The Kier molecular flexibility index (Phi) is 4.03. The molecule has 2 N–H and O–H groups in total. The van der Waals surface area contributed by atoms with Crippen LogP contribution in [0, 0.1) is 0 Å². The monoisotopic (exact) mass is 291 g/mol. The van der Waals surface area contributed by atoms with Crippen molar-refractivity contribution in [3.8, 4) is 0 Å². The number of nitrogens with two attached hydrogens (primary N) is 1. The van der Waals surface area contributed by atoms with Crippen molar-refractivity contribution < 1.29 is 0 Å². The lowest BCUT2D eigenvalue weighted by molar-refractivity contribution is 0.202. The number of aromatic nitrogens is 3. The van der Waals surface area contributed by atoms with Crippen molar-refractivity contribution in [3.63, 3.8) is 0 Å². The number of likely N-dealkylation sites (tertiary alicyclic amines) is 1. The van der Waals surface area contributed by atoms with Gasteiger partial charge in [-0.1, -0.05) is 0 Å². The Labute approximate surface area is 123 Å². The van der Waals surface area contributed by atoms with Crippen LogP contribution in [0.2, 0.25) is 0 Å². The van der Waals surface area contributed by atoms with E-state index < -0.39 is 0 Å². The molecular weight excluding hydrogens is 270 g/mol. The van der Waals surface area contributed by atoms with E-state index >= 15 is 0 Å². The summed E-state index contributed by atoms with van der Waals surface area (Å²) in [5, 5.41) is 5.05. The number of nitrogen functional groups attached to an aromatic ring is 1. The number of piperidine rings is 1. The fraction of sp³-hybridized carbons (Fsp3) is 0.571. The third-order valence-electron chi connectivity index (χ3n) is 4.01. The zero-order valence-electron chi connectivity index (χ0n) is 11.8. The number of nitrogens with zero attached hydrogens (tertiary/aromatic N) is 4. The Balaban J connectivity index is 1.57. The third kappa shape index (κ3) is 2.86. The summed E-state index contributed by atoms with van der Waals surface area (Å²) < 4.78 is 2.13. The average Bonchev–Trinajstić information content (AvgIpc) is 3.08. The maximum Gasteiger partial charge on any atom is 0.180 e. The van der Waals surface area contributed by atoms with Crippen LogP contribution in [-0.4, -0.2) is 32.8 Å². The summed E-state index contributed by atoms with van der Waals surface area (Å²) in [4.78, 5) is 7.88. The van der Waals surface area contributed by atoms with Crippen LogP contribution in [-0.2, 0) is 13.1 Å². The van der Waals surface area contributed by atoms with Crippen molar-refractivity contribution in [3.05, 3.63) is 29.0 Å². The Hall–Kier alpha value is -1.40. The maximum absolute atomic E-state index is 5.68. The third-order valence-corrected chi connectivity index (χ3v) is 4.82. The van der Waals surface area contributed by atoms with E-state index in [2.05, 4.69) is 32.7 Å². The number of aryl methyl sites for hydroxylation is 1. The van der Waals surface area contributed by atoms with E-state index in [1.54, 1.807) is 11.3 Å². The molecule has 1 saturated heterocycles. The zero-order valence-corrected chi connectivity index (χ0v) is 12.6. The highest BCUT2D eigenvalue weighted by Crippen LogP contribution is 2.29. The maximum atomic E-state index is 5.68. The molecular formula is C14H21N5S. The minimum absolute atomic E-state index is 0.653. The first-order valence-electron chi connectivity index (χ1n) is 7.20. The van der Waals surface area contributed by atoms with E-state index in [9.17, 15) is 0 Å². The molecule has 3 heterocycles. The predicted molar refractivity (Wildman–Crippen MR) is 81.7 cm³/mol. The van der Waals surface area contributed by atoms with E-state index in [0.717, 1.165) is 26.2 Å². The standard InChI is InChI=1S/C14H21N5S/c1-2-19-13(3-6-17-19)11-4-7-18(8-5-11)10-12-9-16-14(15)20-12/h3,6,9,11H,2,4-5,7-8,10H2,1H3,(H2,15,16). The topological polar surface area (TPSA) is 60.0 Å². The van der Waals surface area contributed by atoms with E-state index in [4.69, 9.17) is 5.73 Å². The molecule has 0 saturated carbocycles. The van der Waals surface area contributed by atoms with Crippen molar-refractivity contribution in [2.45, 2.75) is 38.8 Å². The minimum Gasteiger partial charge on any atom is -0.375 e. The van der Waals surface area contributed by atoms with Gasteiger partial charge in [0.05, 0.1) is 0 Å². The molecule has 1 fully saturated rings. The molecule has 5 nitrogen and oxygen atoms in total. The second kappa shape index (κ2) is 5.93. The van der Waals surface area contributed by atoms with Crippen LogP contribution in [0.15, 0.2) is 18.5 Å². The first kappa shape index (κ1) is 13.6. The summed E-state index contributed by atoms with van der Waals surface area (Å²) in [6.45, 7) is 6.37. The van der Waals surface area contributed by atoms with Gasteiger partial charge >= 0.3 is 0 Å². The van der Waals surface area contributed by atoms with E-state index in [0.29, 0.717) is 11.0 Å². The van der Waals surface area contributed by atoms with Crippen LogP contribution in [0.1, 0.15) is 36.3 Å². The van der Waals surface area contributed by atoms with Gasteiger partial charge in [0.2, 0.25) is 0 Å². The van der Waals surface area contributed by atoms with Crippen molar-refractivity contribution in [1.82, 2.24) is 19.7 Å². The Bertz CT molecular complexity index is 553. The largest absolute Gasteiger partial charge is 0.375 e. The molecule has 2 aromatic heterocycles. The van der Waals surface area contributed by atoms with Gasteiger partial charge in [-0.15, -0.1) is 11.3 Å². The first-order chi connectivity index (χ1) is 9.76. The summed E-state index contributed by atoms with van der Waals surface area (Å²) in [6.07, 6.45) is 6.24. The summed E-state index contributed by atoms with van der Waals surface area (Å²) in [6, 6.07) is 2.17. The normalized spacial score (nSPS) is 17.6. The van der Waals surface area contributed by atoms with Gasteiger partial charge in [0.1, 0.15) is 0 Å². The molecule has 0 aliphatic carbocycles. The SMILES string of the molecule is CCn1nccc1C1CCN(Cc2cnc(N)s2)CC1. The lowest BCUT2D eigenvalue weighted by atomic mass is 9.93. The van der Waals surface area contributed by atoms with E-state index in [1.807, 2.05) is 12.4 Å². The lowest BCUT2D eigenvalue weighted by Crippen LogP contribution is -2.32. The van der Waals surface area contributed by atoms with Gasteiger partial charge in [0, 0.05) is 42.0 Å². The highest BCUT2D eigenvalue weighted by Gasteiger charge is 2.23. The van der Waals surface area contributed by atoms with Crippen molar-refractivity contribution >= 4 is 16.5 Å². The molecule has 1 aliphatic heterocycles. The second-order valence-corrected chi connectivity index (χ2v) is 6.43. The highest BCUT2D eigenvalue weighted by molar-refractivity contribution is 7.15. The van der Waals surface area contributed by atoms with Gasteiger partial charge in [0.15, 0.2) is 5.13 Å². The van der Waals surface area contributed by atoms with Gasteiger partial charge in [0.25, 0.3) is 0 Å². The Morgan fingerprint density at radius 3 is 2.85 bits per heavy atom. The van der Waals surface area contributed by atoms with E-state index in [1.165, 1.54) is 23.4 Å². The fourth-order valence-corrected chi connectivity index (χ4v) is 3.68. The van der Waals surface area contributed by atoms with Crippen molar-refractivity contribution in [2.24, 2.45) is 0 Å². The molecule has 20 heavy (non-hydrogen) atoms. The quantitative estimate of drug-likeness (QED) is 0.939. The molecule has 0 bridgehead atoms. The minimum atomic E-state index is 0.653.